The van der Waals surface area contributed by atoms with E-state index in [2.05, 4.69) is 264 Å². The molecule has 324 valence electrons. The summed E-state index contributed by atoms with van der Waals surface area (Å²) in [6.45, 7) is 0. The minimum atomic E-state index is 0.906. The maximum Gasteiger partial charge on any atom is 0.136 e. The van der Waals surface area contributed by atoms with Crippen molar-refractivity contribution in [2.24, 2.45) is 0 Å². The van der Waals surface area contributed by atoms with Crippen LogP contribution in [0, 0.1) is 0 Å². The quantitative estimate of drug-likeness (QED) is 0.144. The van der Waals surface area contributed by atoms with Crippen molar-refractivity contribution in [2.75, 3.05) is 4.90 Å². The van der Waals surface area contributed by atoms with Crippen molar-refractivity contribution in [1.29, 1.82) is 0 Å². The van der Waals surface area contributed by atoms with Crippen molar-refractivity contribution in [1.82, 2.24) is 4.57 Å². The Balaban J connectivity index is 0.855. The molecule has 0 amide bonds. The minimum absolute atomic E-state index is 0.906. The Morgan fingerprint density at radius 1 is 0.275 bits per heavy atom. The number of hydrogen-bond acceptors (Lipinski definition) is 2. The number of para-hydroxylation sites is 4. The highest BCUT2D eigenvalue weighted by atomic mass is 16.3. The summed E-state index contributed by atoms with van der Waals surface area (Å²) in [5, 5.41) is 4.80. The summed E-state index contributed by atoms with van der Waals surface area (Å²) in [6, 6.07) is 96.1. The molecule has 0 fully saturated rings. The van der Waals surface area contributed by atoms with Gasteiger partial charge in [-0.25, -0.2) is 0 Å². The predicted molar refractivity (Wildman–Crippen MR) is 290 cm³/mol. The van der Waals surface area contributed by atoms with E-state index in [4.69, 9.17) is 4.42 Å². The third kappa shape index (κ3) is 7.25. The Labute approximate surface area is 401 Å². The van der Waals surface area contributed by atoms with Gasteiger partial charge in [-0.1, -0.05) is 194 Å². The molecule has 0 N–H and O–H groups in total. The van der Waals surface area contributed by atoms with Crippen molar-refractivity contribution in [3.8, 4) is 61.3 Å². The second-order valence-corrected chi connectivity index (χ2v) is 17.7. The van der Waals surface area contributed by atoms with Gasteiger partial charge in [-0.2, -0.15) is 0 Å². The summed E-state index contributed by atoms with van der Waals surface area (Å²) in [7, 11) is 0. The molecule has 0 atom stereocenters. The molecule has 2 aromatic heterocycles. The maximum atomic E-state index is 6.22. The number of rotatable bonds is 9. The van der Waals surface area contributed by atoms with Gasteiger partial charge in [-0.05, 0) is 123 Å². The molecule has 0 unspecified atom stereocenters. The van der Waals surface area contributed by atoms with E-state index in [1.807, 2.05) is 12.1 Å². The summed E-state index contributed by atoms with van der Waals surface area (Å²) < 4.78 is 8.60. The van der Waals surface area contributed by atoms with E-state index in [0.29, 0.717) is 0 Å². The molecule has 2 heterocycles. The first-order valence-electron chi connectivity index (χ1n) is 23.6. The zero-order valence-corrected chi connectivity index (χ0v) is 37.7. The number of hydrogen-bond donors (Lipinski definition) is 0. The van der Waals surface area contributed by atoms with Crippen LogP contribution in [0.2, 0.25) is 0 Å². The van der Waals surface area contributed by atoms with E-state index in [1.54, 1.807) is 0 Å². The minimum Gasteiger partial charge on any atom is -0.456 e. The Kier molecular flexibility index (Phi) is 9.84. The topological polar surface area (TPSA) is 21.3 Å². The van der Waals surface area contributed by atoms with Crippen LogP contribution in [0.5, 0.6) is 0 Å². The lowest BCUT2D eigenvalue weighted by atomic mass is 9.97. The van der Waals surface area contributed by atoms with E-state index in [-0.39, 0.29) is 0 Å². The van der Waals surface area contributed by atoms with Gasteiger partial charge in [0.1, 0.15) is 11.2 Å². The first-order chi connectivity index (χ1) is 34.2. The molecule has 0 aliphatic heterocycles. The van der Waals surface area contributed by atoms with Gasteiger partial charge < -0.3 is 13.9 Å². The number of benzene rings is 11. The molecular weight excluding hydrogens is 837 g/mol. The normalized spacial score (nSPS) is 11.5. The second kappa shape index (κ2) is 16.9. The molecule has 0 aliphatic rings. The largest absolute Gasteiger partial charge is 0.456 e. The molecule has 13 rings (SSSR count). The van der Waals surface area contributed by atoms with Crippen LogP contribution >= 0.6 is 0 Å². The van der Waals surface area contributed by atoms with E-state index >= 15 is 0 Å². The first-order valence-corrected chi connectivity index (χ1v) is 23.6. The van der Waals surface area contributed by atoms with E-state index < -0.39 is 0 Å². The third-order valence-electron chi connectivity index (χ3n) is 13.6. The van der Waals surface area contributed by atoms with Gasteiger partial charge in [0.2, 0.25) is 0 Å². The van der Waals surface area contributed by atoms with Gasteiger partial charge in [0.15, 0.2) is 0 Å². The first kappa shape index (κ1) is 40.1. The lowest BCUT2D eigenvalue weighted by Crippen LogP contribution is -2.11. The molecule has 69 heavy (non-hydrogen) atoms. The zero-order chi connectivity index (χ0) is 45.7. The molecule has 13 aromatic rings. The molecule has 0 aliphatic carbocycles. The SMILES string of the molecule is c1ccc(-c2ccc(-c3ccccc3N(c3ccc(-c4ccc(-c5ccc6c(c5)oc5ccccc56)cc4)cc3)c3ccc(-c4cccc(-n5c6ccccc6c6ccccc65)c4)cc3)cc2)cc1. The maximum absolute atomic E-state index is 6.22. The molecular formula is C66H44N2O. The van der Waals surface area contributed by atoms with E-state index in [9.17, 15) is 0 Å². The fraction of sp³-hybridized carbons (Fsp3) is 0. The summed E-state index contributed by atoms with van der Waals surface area (Å²) in [6.07, 6.45) is 0. The lowest BCUT2D eigenvalue weighted by molar-refractivity contribution is 0.669. The van der Waals surface area contributed by atoms with Gasteiger partial charge in [-0.3, -0.25) is 0 Å². The van der Waals surface area contributed by atoms with Crippen molar-refractivity contribution >= 4 is 60.8 Å². The highest BCUT2D eigenvalue weighted by Gasteiger charge is 2.19. The van der Waals surface area contributed by atoms with Crippen LogP contribution in [0.1, 0.15) is 0 Å². The zero-order valence-electron chi connectivity index (χ0n) is 37.7. The predicted octanol–water partition coefficient (Wildman–Crippen LogP) is 18.5. The van der Waals surface area contributed by atoms with Crippen LogP contribution in [0.3, 0.4) is 0 Å². The fourth-order valence-corrected chi connectivity index (χ4v) is 10.2. The molecule has 0 radical (unpaired) electrons. The molecule has 0 bridgehead atoms. The number of fused-ring (bicyclic) bond motifs is 6. The second-order valence-electron chi connectivity index (χ2n) is 17.7. The highest BCUT2D eigenvalue weighted by Crippen LogP contribution is 2.43. The Bertz CT molecular complexity index is 3920. The van der Waals surface area contributed by atoms with E-state index in [0.717, 1.165) is 89.2 Å². The molecule has 0 spiro atoms. The van der Waals surface area contributed by atoms with Crippen molar-refractivity contribution in [3.05, 3.63) is 267 Å². The van der Waals surface area contributed by atoms with Crippen LogP contribution in [-0.2, 0) is 0 Å². The van der Waals surface area contributed by atoms with Gasteiger partial charge in [-0.15, -0.1) is 0 Å². The third-order valence-corrected chi connectivity index (χ3v) is 13.6. The number of anilines is 3. The molecule has 11 aromatic carbocycles. The average molecular weight is 881 g/mol. The molecule has 3 heteroatoms. The Hall–Kier alpha value is -9.18. The summed E-state index contributed by atoms with van der Waals surface area (Å²) in [5.41, 5.74) is 20.2. The van der Waals surface area contributed by atoms with Gasteiger partial charge in [0.25, 0.3) is 0 Å². The monoisotopic (exact) mass is 880 g/mol. The fourth-order valence-electron chi connectivity index (χ4n) is 10.2. The summed E-state index contributed by atoms with van der Waals surface area (Å²) in [4.78, 5) is 2.39. The standard InChI is InChI=1S/C66H44N2O/c1-2-13-45(14-3-1)46-29-31-51(32-30-46)57-17-4-8-21-62(57)67(54-38-33-48(34-39-54)47-25-27-49(28-26-47)53-37-42-61-60-20-7-11-24-65(60)69-66(61)44-53)55-40-35-50(36-41-55)52-15-12-16-56(43-52)68-63-22-9-5-18-58(63)59-19-6-10-23-64(59)68/h1-44H. The van der Waals surface area contributed by atoms with Crippen LogP contribution in [-0.4, -0.2) is 4.57 Å². The van der Waals surface area contributed by atoms with Crippen LogP contribution in [0.15, 0.2) is 271 Å². The van der Waals surface area contributed by atoms with Gasteiger partial charge in [0, 0.05) is 44.2 Å². The molecule has 0 saturated heterocycles. The molecule has 0 saturated carbocycles. The summed E-state index contributed by atoms with van der Waals surface area (Å²) in [5.74, 6) is 0. The van der Waals surface area contributed by atoms with Gasteiger partial charge >= 0.3 is 0 Å². The summed E-state index contributed by atoms with van der Waals surface area (Å²) >= 11 is 0. The van der Waals surface area contributed by atoms with Crippen molar-refractivity contribution in [2.45, 2.75) is 0 Å². The lowest BCUT2D eigenvalue weighted by Gasteiger charge is -2.28. The average Bonchev–Trinajstić information content (AvgIpc) is 3.97. The number of furan rings is 1. The van der Waals surface area contributed by atoms with Crippen molar-refractivity contribution in [3.63, 3.8) is 0 Å². The number of aromatic nitrogens is 1. The van der Waals surface area contributed by atoms with Crippen LogP contribution in [0.4, 0.5) is 17.1 Å². The smallest absolute Gasteiger partial charge is 0.136 e. The van der Waals surface area contributed by atoms with Crippen LogP contribution < -0.4 is 4.90 Å². The van der Waals surface area contributed by atoms with Crippen LogP contribution in [0.25, 0.3) is 105 Å². The highest BCUT2D eigenvalue weighted by molar-refractivity contribution is 6.09. The Morgan fingerprint density at radius 2 is 0.710 bits per heavy atom. The van der Waals surface area contributed by atoms with E-state index in [1.165, 1.54) is 32.9 Å². The van der Waals surface area contributed by atoms with Crippen molar-refractivity contribution < 1.29 is 4.42 Å². The number of nitrogens with zero attached hydrogens (tertiary/aromatic N) is 2. The van der Waals surface area contributed by atoms with Gasteiger partial charge in [0.05, 0.1) is 16.7 Å². The molecule has 3 nitrogen and oxygen atoms in total. The Morgan fingerprint density at radius 3 is 1.35 bits per heavy atom.